The van der Waals surface area contributed by atoms with Crippen molar-refractivity contribution in [3.8, 4) is 0 Å². The van der Waals surface area contributed by atoms with Crippen LogP contribution in [-0.4, -0.2) is 22.5 Å². The van der Waals surface area contributed by atoms with Crippen molar-refractivity contribution in [1.29, 1.82) is 0 Å². The number of carbonyl (C=O) groups excluding carboxylic acids is 2. The number of hydrogen-bond acceptors (Lipinski definition) is 4. The van der Waals surface area contributed by atoms with Gasteiger partial charge >= 0.3 is 0 Å². The third-order valence-corrected chi connectivity index (χ3v) is 3.27. The maximum atomic E-state index is 12.0. The van der Waals surface area contributed by atoms with E-state index in [0.29, 0.717) is 27.0 Å². The summed E-state index contributed by atoms with van der Waals surface area (Å²) in [5.41, 5.74) is 3.69. The molecule has 0 saturated carbocycles. The monoisotopic (exact) mass is 364 g/mol. The van der Waals surface area contributed by atoms with Gasteiger partial charge in [-0.05, 0) is 37.3 Å². The van der Waals surface area contributed by atoms with Crippen LogP contribution in [0.5, 0.6) is 0 Å². The second-order valence-electron chi connectivity index (χ2n) is 4.91. The van der Waals surface area contributed by atoms with E-state index in [9.17, 15) is 9.59 Å². The summed E-state index contributed by atoms with van der Waals surface area (Å²) in [5, 5.41) is 7.40. The molecule has 2 aromatic rings. The summed E-state index contributed by atoms with van der Waals surface area (Å²) >= 11 is 11.7. The third-order valence-electron chi connectivity index (χ3n) is 2.83. The predicted molar refractivity (Wildman–Crippen MR) is 94.5 cm³/mol. The van der Waals surface area contributed by atoms with Crippen molar-refractivity contribution in [1.82, 2.24) is 10.4 Å². The Morgan fingerprint density at radius 3 is 2.54 bits per heavy atom. The normalized spacial score (nSPS) is 11.0. The Morgan fingerprint density at radius 1 is 1.21 bits per heavy atom. The van der Waals surface area contributed by atoms with Crippen molar-refractivity contribution in [2.75, 3.05) is 5.32 Å². The van der Waals surface area contributed by atoms with Crippen molar-refractivity contribution >= 4 is 46.4 Å². The SMILES string of the molecule is C/C(CC(=O)Nc1cc(Cl)cc(Cl)c1)=N\NC(=O)c1cccnc1. The molecule has 0 aliphatic carbocycles. The van der Waals surface area contributed by atoms with Gasteiger partial charge in [0.15, 0.2) is 0 Å². The molecule has 0 saturated heterocycles. The summed E-state index contributed by atoms with van der Waals surface area (Å²) < 4.78 is 0. The first-order valence-electron chi connectivity index (χ1n) is 6.93. The van der Waals surface area contributed by atoms with Gasteiger partial charge in [-0.2, -0.15) is 5.10 Å². The highest BCUT2D eigenvalue weighted by molar-refractivity contribution is 6.35. The lowest BCUT2D eigenvalue weighted by atomic mass is 10.2. The molecule has 0 unspecified atom stereocenters. The molecule has 0 spiro atoms. The fraction of sp³-hybridized carbons (Fsp3) is 0.125. The minimum atomic E-state index is -0.399. The highest BCUT2D eigenvalue weighted by Gasteiger charge is 2.08. The van der Waals surface area contributed by atoms with E-state index in [1.165, 1.54) is 6.20 Å². The lowest BCUT2D eigenvalue weighted by Crippen LogP contribution is -2.21. The van der Waals surface area contributed by atoms with Crippen LogP contribution in [0.15, 0.2) is 47.8 Å². The predicted octanol–water partition coefficient (Wildman–Crippen LogP) is 3.52. The van der Waals surface area contributed by atoms with Gasteiger partial charge in [0.05, 0.1) is 12.0 Å². The standard InChI is InChI=1S/C16H14Cl2N4O2/c1-10(21-22-16(24)11-3-2-4-19-9-11)5-15(23)20-14-7-12(17)6-13(18)8-14/h2-4,6-9H,5H2,1H3,(H,20,23)(H,22,24)/b21-10+. The van der Waals surface area contributed by atoms with Crippen molar-refractivity contribution < 1.29 is 9.59 Å². The van der Waals surface area contributed by atoms with Crippen LogP contribution in [-0.2, 0) is 4.79 Å². The van der Waals surface area contributed by atoms with E-state index >= 15 is 0 Å². The fourth-order valence-corrected chi connectivity index (χ4v) is 2.34. The highest BCUT2D eigenvalue weighted by atomic mass is 35.5. The number of amides is 2. The number of pyridine rings is 1. The Labute approximate surface area is 148 Å². The van der Waals surface area contributed by atoms with E-state index in [-0.39, 0.29) is 12.3 Å². The zero-order chi connectivity index (χ0) is 17.5. The van der Waals surface area contributed by atoms with Crippen molar-refractivity contribution in [3.63, 3.8) is 0 Å². The first-order valence-corrected chi connectivity index (χ1v) is 7.69. The molecule has 1 aromatic heterocycles. The van der Waals surface area contributed by atoms with Gasteiger partial charge in [0.25, 0.3) is 5.91 Å². The van der Waals surface area contributed by atoms with E-state index in [1.54, 1.807) is 43.5 Å². The topological polar surface area (TPSA) is 83.5 Å². The van der Waals surface area contributed by atoms with Gasteiger partial charge in [0.1, 0.15) is 0 Å². The number of benzene rings is 1. The molecule has 1 heterocycles. The largest absolute Gasteiger partial charge is 0.326 e. The number of nitrogens with one attached hydrogen (secondary N) is 2. The number of hydrogen-bond donors (Lipinski definition) is 2. The Morgan fingerprint density at radius 2 is 1.92 bits per heavy atom. The van der Waals surface area contributed by atoms with Crippen LogP contribution in [0, 0.1) is 0 Å². The van der Waals surface area contributed by atoms with Crippen LogP contribution in [0.4, 0.5) is 5.69 Å². The maximum absolute atomic E-state index is 12.0. The smallest absolute Gasteiger partial charge is 0.272 e. The number of nitrogens with zero attached hydrogens (tertiary/aromatic N) is 2. The Hall–Kier alpha value is -2.44. The van der Waals surface area contributed by atoms with Gasteiger partial charge in [-0.3, -0.25) is 14.6 Å². The first kappa shape index (κ1) is 17.9. The van der Waals surface area contributed by atoms with Crippen molar-refractivity contribution in [3.05, 3.63) is 58.3 Å². The number of rotatable bonds is 5. The van der Waals surface area contributed by atoms with E-state index < -0.39 is 5.91 Å². The minimum absolute atomic E-state index is 0.0114. The van der Waals surface area contributed by atoms with E-state index in [4.69, 9.17) is 23.2 Å². The average Bonchev–Trinajstić information content (AvgIpc) is 2.52. The molecule has 2 N–H and O–H groups in total. The zero-order valence-electron chi connectivity index (χ0n) is 12.7. The highest BCUT2D eigenvalue weighted by Crippen LogP contribution is 2.22. The summed E-state index contributed by atoms with van der Waals surface area (Å²) in [6.45, 7) is 1.63. The Kier molecular flexibility index (Phi) is 6.28. The van der Waals surface area contributed by atoms with E-state index in [0.717, 1.165) is 0 Å². The molecule has 6 nitrogen and oxygen atoms in total. The van der Waals surface area contributed by atoms with Crippen LogP contribution in [0.25, 0.3) is 0 Å². The van der Waals surface area contributed by atoms with E-state index in [2.05, 4.69) is 20.8 Å². The molecule has 2 amide bonds. The van der Waals surface area contributed by atoms with Crippen LogP contribution in [0.3, 0.4) is 0 Å². The second kappa shape index (κ2) is 8.42. The zero-order valence-corrected chi connectivity index (χ0v) is 14.2. The number of hydrazone groups is 1. The molecule has 24 heavy (non-hydrogen) atoms. The molecule has 124 valence electrons. The van der Waals surface area contributed by atoms with Crippen molar-refractivity contribution in [2.45, 2.75) is 13.3 Å². The Balaban J connectivity index is 1.90. The third kappa shape index (κ3) is 5.64. The first-order chi connectivity index (χ1) is 11.4. The number of anilines is 1. The van der Waals surface area contributed by atoms with Gasteiger partial charge in [-0.1, -0.05) is 23.2 Å². The molecular formula is C16H14Cl2N4O2. The van der Waals surface area contributed by atoms with Crippen LogP contribution in [0.2, 0.25) is 10.0 Å². The Bertz CT molecular complexity index is 759. The van der Waals surface area contributed by atoms with Gasteiger partial charge < -0.3 is 5.32 Å². The number of carbonyl (C=O) groups is 2. The van der Waals surface area contributed by atoms with Crippen LogP contribution >= 0.6 is 23.2 Å². The molecule has 0 fully saturated rings. The summed E-state index contributed by atoms with van der Waals surface area (Å²) in [6.07, 6.45) is 3.00. The lowest BCUT2D eigenvalue weighted by Gasteiger charge is -2.06. The molecule has 2 rings (SSSR count). The minimum Gasteiger partial charge on any atom is -0.326 e. The van der Waals surface area contributed by atoms with E-state index in [1.807, 2.05) is 0 Å². The quantitative estimate of drug-likeness (QED) is 0.628. The van der Waals surface area contributed by atoms with Crippen molar-refractivity contribution in [2.24, 2.45) is 5.10 Å². The molecule has 1 aromatic carbocycles. The molecule has 0 radical (unpaired) electrons. The average molecular weight is 365 g/mol. The summed E-state index contributed by atoms with van der Waals surface area (Å²) in [4.78, 5) is 27.6. The maximum Gasteiger partial charge on any atom is 0.272 e. The molecule has 0 atom stereocenters. The van der Waals surface area contributed by atoms with Crippen LogP contribution in [0.1, 0.15) is 23.7 Å². The molecule has 0 aliphatic heterocycles. The van der Waals surface area contributed by atoms with Crippen LogP contribution < -0.4 is 10.7 Å². The van der Waals surface area contributed by atoms with Gasteiger partial charge in [-0.25, -0.2) is 5.43 Å². The molecule has 0 bridgehead atoms. The molecule has 8 heteroatoms. The summed E-state index contributed by atoms with van der Waals surface area (Å²) in [6, 6.07) is 8.00. The summed E-state index contributed by atoms with van der Waals surface area (Å²) in [5.74, 6) is -0.699. The number of halogens is 2. The second-order valence-corrected chi connectivity index (χ2v) is 5.79. The van der Waals surface area contributed by atoms with Gasteiger partial charge in [-0.15, -0.1) is 0 Å². The molecule has 0 aliphatic rings. The summed E-state index contributed by atoms with van der Waals surface area (Å²) in [7, 11) is 0. The number of aromatic nitrogens is 1. The lowest BCUT2D eigenvalue weighted by molar-refractivity contribution is -0.115. The van der Waals surface area contributed by atoms with Gasteiger partial charge in [0, 0.05) is 33.8 Å². The fourth-order valence-electron chi connectivity index (χ4n) is 1.81. The van der Waals surface area contributed by atoms with Gasteiger partial charge in [0.2, 0.25) is 5.91 Å². The molecular weight excluding hydrogens is 351 g/mol.